The Labute approximate surface area is 225 Å². The van der Waals surface area contributed by atoms with Crippen LogP contribution in [0.3, 0.4) is 0 Å². The second kappa shape index (κ2) is 13.1. The summed E-state index contributed by atoms with van der Waals surface area (Å²) >= 11 is 15.2. The highest BCUT2D eigenvalue weighted by atomic mass is 79.9. The van der Waals surface area contributed by atoms with Crippen LogP contribution >= 0.6 is 39.1 Å². The number of carbonyl (C=O) groups is 3. The van der Waals surface area contributed by atoms with E-state index in [1.807, 2.05) is 6.92 Å². The van der Waals surface area contributed by atoms with E-state index in [0.29, 0.717) is 33.0 Å². The van der Waals surface area contributed by atoms with E-state index in [0.717, 1.165) is 6.42 Å². The number of anilines is 1. The Morgan fingerprint density at radius 3 is 2.47 bits per heavy atom. The first-order valence-corrected chi connectivity index (χ1v) is 12.2. The molecule has 0 radical (unpaired) electrons. The van der Waals surface area contributed by atoms with Crippen molar-refractivity contribution in [3.05, 3.63) is 86.3 Å². The zero-order chi connectivity index (χ0) is 26.1. The highest BCUT2D eigenvalue weighted by Crippen LogP contribution is 2.25. The van der Waals surface area contributed by atoms with E-state index < -0.39 is 17.8 Å². The molecule has 8 nitrogen and oxygen atoms in total. The molecule has 0 saturated carbocycles. The third kappa shape index (κ3) is 7.81. The van der Waals surface area contributed by atoms with Crippen LogP contribution in [0.15, 0.2) is 70.2 Å². The second-order valence-electron chi connectivity index (χ2n) is 7.22. The fraction of sp³-hybridized carbons (Fsp3) is 0.120. The number of nitrogens with one attached hydrogen (secondary N) is 2. The van der Waals surface area contributed by atoms with Crippen LogP contribution in [0.4, 0.5) is 5.69 Å². The van der Waals surface area contributed by atoms with Crippen LogP contribution in [-0.2, 0) is 9.59 Å². The Kier molecular flexibility index (Phi) is 9.86. The van der Waals surface area contributed by atoms with Gasteiger partial charge in [0.05, 0.1) is 29.1 Å². The Hall–Kier alpha value is -3.40. The summed E-state index contributed by atoms with van der Waals surface area (Å²) in [5, 5.41) is 6.70. The standard InChI is InChI=1S/C25H20BrCl2N3O5/c1-2-11-35-19-7-3-15(4-8-19)25(34)36-22-10-5-17(26)12-16(22)14-29-31-24(33)23(32)30-21-13-18(27)6-9-20(21)28/h3-10,12-14H,2,11H2,1H3,(H,30,32)(H,31,33)/b29-14-. The van der Waals surface area contributed by atoms with Gasteiger partial charge in [-0.3, -0.25) is 9.59 Å². The van der Waals surface area contributed by atoms with Gasteiger partial charge in [0.15, 0.2) is 0 Å². The maximum Gasteiger partial charge on any atom is 0.343 e. The van der Waals surface area contributed by atoms with Crippen molar-refractivity contribution in [3.8, 4) is 11.5 Å². The molecular weight excluding hydrogens is 573 g/mol. The number of hydrogen-bond acceptors (Lipinski definition) is 6. The Morgan fingerprint density at radius 2 is 1.75 bits per heavy atom. The van der Waals surface area contributed by atoms with E-state index in [1.165, 1.54) is 18.3 Å². The van der Waals surface area contributed by atoms with E-state index in [4.69, 9.17) is 32.7 Å². The molecule has 0 saturated heterocycles. The summed E-state index contributed by atoms with van der Waals surface area (Å²) in [6, 6.07) is 15.9. The molecule has 36 heavy (non-hydrogen) atoms. The number of carbonyl (C=O) groups excluding carboxylic acids is 3. The predicted molar refractivity (Wildman–Crippen MR) is 142 cm³/mol. The number of benzene rings is 3. The number of hydrogen-bond donors (Lipinski definition) is 2. The zero-order valence-corrected chi connectivity index (χ0v) is 22.0. The van der Waals surface area contributed by atoms with Crippen molar-refractivity contribution in [3.63, 3.8) is 0 Å². The monoisotopic (exact) mass is 591 g/mol. The summed E-state index contributed by atoms with van der Waals surface area (Å²) in [6.45, 7) is 2.58. The van der Waals surface area contributed by atoms with Crippen molar-refractivity contribution < 1.29 is 23.9 Å². The highest BCUT2D eigenvalue weighted by molar-refractivity contribution is 9.10. The second-order valence-corrected chi connectivity index (χ2v) is 8.98. The van der Waals surface area contributed by atoms with Crippen LogP contribution in [0.2, 0.25) is 10.0 Å². The van der Waals surface area contributed by atoms with Gasteiger partial charge in [0.2, 0.25) is 0 Å². The topological polar surface area (TPSA) is 106 Å². The largest absolute Gasteiger partial charge is 0.494 e. The normalized spacial score (nSPS) is 10.7. The lowest BCUT2D eigenvalue weighted by Crippen LogP contribution is -2.32. The summed E-state index contributed by atoms with van der Waals surface area (Å²) in [7, 11) is 0. The molecule has 0 atom stereocenters. The molecule has 0 aliphatic heterocycles. The summed E-state index contributed by atoms with van der Waals surface area (Å²) in [5.74, 6) is -1.77. The van der Waals surface area contributed by atoms with E-state index in [1.54, 1.807) is 48.5 Å². The summed E-state index contributed by atoms with van der Waals surface area (Å²) in [6.07, 6.45) is 2.12. The van der Waals surface area contributed by atoms with E-state index in [2.05, 4.69) is 31.8 Å². The number of hydrazone groups is 1. The summed E-state index contributed by atoms with van der Waals surface area (Å²) < 4.78 is 11.7. The fourth-order valence-electron chi connectivity index (χ4n) is 2.76. The minimum absolute atomic E-state index is 0.180. The van der Waals surface area contributed by atoms with Gasteiger partial charge in [-0.05, 0) is 67.1 Å². The van der Waals surface area contributed by atoms with Gasteiger partial charge in [0.1, 0.15) is 11.5 Å². The van der Waals surface area contributed by atoms with Gasteiger partial charge in [-0.2, -0.15) is 5.10 Å². The number of halogens is 3. The summed E-state index contributed by atoms with van der Waals surface area (Å²) in [4.78, 5) is 36.9. The van der Waals surface area contributed by atoms with Gasteiger partial charge < -0.3 is 14.8 Å². The van der Waals surface area contributed by atoms with Crippen molar-refractivity contribution in [2.45, 2.75) is 13.3 Å². The third-order valence-corrected chi connectivity index (χ3v) is 5.55. The van der Waals surface area contributed by atoms with Crippen LogP contribution in [-0.4, -0.2) is 30.6 Å². The molecule has 0 unspecified atom stereocenters. The Bertz CT molecular complexity index is 1300. The first kappa shape index (κ1) is 27.2. The fourth-order valence-corrected chi connectivity index (χ4v) is 3.48. The molecule has 0 spiro atoms. The first-order valence-electron chi connectivity index (χ1n) is 10.6. The van der Waals surface area contributed by atoms with Crippen LogP contribution in [0.5, 0.6) is 11.5 Å². The Morgan fingerprint density at radius 1 is 1.00 bits per heavy atom. The molecule has 3 rings (SSSR count). The minimum Gasteiger partial charge on any atom is -0.494 e. The number of ether oxygens (including phenoxy) is 2. The molecule has 2 amide bonds. The van der Waals surface area contributed by atoms with Crippen LogP contribution in [0.1, 0.15) is 29.3 Å². The van der Waals surface area contributed by atoms with Gasteiger partial charge >= 0.3 is 17.8 Å². The smallest absolute Gasteiger partial charge is 0.343 e. The lowest BCUT2D eigenvalue weighted by Gasteiger charge is -2.09. The number of nitrogens with zero attached hydrogens (tertiary/aromatic N) is 1. The average molecular weight is 593 g/mol. The summed E-state index contributed by atoms with van der Waals surface area (Å²) in [5.41, 5.74) is 2.99. The molecule has 0 aliphatic carbocycles. The molecule has 3 aromatic carbocycles. The zero-order valence-electron chi connectivity index (χ0n) is 18.9. The van der Waals surface area contributed by atoms with Crippen molar-refractivity contribution >= 4 is 68.8 Å². The molecule has 3 aromatic rings. The highest BCUT2D eigenvalue weighted by Gasteiger charge is 2.16. The van der Waals surface area contributed by atoms with E-state index >= 15 is 0 Å². The van der Waals surface area contributed by atoms with Gasteiger partial charge in [-0.25, -0.2) is 10.2 Å². The van der Waals surface area contributed by atoms with Crippen molar-refractivity contribution in [2.24, 2.45) is 5.10 Å². The quantitative estimate of drug-likeness (QED) is 0.112. The molecular formula is C25H20BrCl2N3O5. The third-order valence-electron chi connectivity index (χ3n) is 4.49. The van der Waals surface area contributed by atoms with E-state index in [9.17, 15) is 14.4 Å². The molecule has 0 bridgehead atoms. The minimum atomic E-state index is -1.04. The lowest BCUT2D eigenvalue weighted by molar-refractivity contribution is -0.136. The SMILES string of the molecule is CCCOc1ccc(C(=O)Oc2ccc(Br)cc2/C=N\NC(=O)C(=O)Nc2cc(Cl)ccc2Cl)cc1. The number of amides is 2. The van der Waals surface area contributed by atoms with Crippen LogP contribution < -0.4 is 20.2 Å². The molecule has 0 aliphatic rings. The average Bonchev–Trinajstić information content (AvgIpc) is 2.86. The van der Waals surface area contributed by atoms with Gasteiger partial charge in [-0.15, -0.1) is 0 Å². The van der Waals surface area contributed by atoms with E-state index in [-0.39, 0.29) is 16.5 Å². The molecule has 0 fully saturated rings. The molecule has 0 heterocycles. The van der Waals surface area contributed by atoms with Gasteiger partial charge in [0.25, 0.3) is 0 Å². The van der Waals surface area contributed by atoms with Crippen molar-refractivity contribution in [1.82, 2.24) is 5.43 Å². The first-order chi connectivity index (χ1) is 17.3. The molecule has 0 aromatic heterocycles. The van der Waals surface area contributed by atoms with Gasteiger partial charge in [-0.1, -0.05) is 46.1 Å². The van der Waals surface area contributed by atoms with Crippen molar-refractivity contribution in [2.75, 3.05) is 11.9 Å². The van der Waals surface area contributed by atoms with Crippen molar-refractivity contribution in [1.29, 1.82) is 0 Å². The Balaban J connectivity index is 1.65. The number of rotatable bonds is 8. The molecule has 186 valence electrons. The maximum absolute atomic E-state index is 12.6. The van der Waals surface area contributed by atoms with Crippen LogP contribution in [0, 0.1) is 0 Å². The predicted octanol–water partition coefficient (Wildman–Crippen LogP) is 5.85. The lowest BCUT2D eigenvalue weighted by atomic mass is 10.2. The van der Waals surface area contributed by atoms with Gasteiger partial charge in [0, 0.05) is 15.1 Å². The maximum atomic E-state index is 12.6. The molecule has 2 N–H and O–H groups in total. The molecule has 11 heteroatoms. The van der Waals surface area contributed by atoms with Crippen LogP contribution in [0.25, 0.3) is 0 Å². The number of esters is 1.